The Hall–Kier alpha value is -0.860. The predicted octanol–water partition coefficient (Wildman–Crippen LogP) is 2.75. The van der Waals surface area contributed by atoms with Crippen molar-refractivity contribution in [3.63, 3.8) is 0 Å². The highest BCUT2D eigenvalue weighted by Crippen LogP contribution is 2.37. The fourth-order valence-electron chi connectivity index (χ4n) is 4.21. The number of hydrogen-bond donors (Lipinski definition) is 1. The van der Waals surface area contributed by atoms with E-state index in [0.717, 1.165) is 19.0 Å². The fraction of sp³-hybridized carbons (Fsp3) is 0.647. The molecule has 2 heteroatoms. The molecule has 1 aromatic carbocycles. The van der Waals surface area contributed by atoms with Crippen LogP contribution in [0.5, 0.6) is 0 Å². The van der Waals surface area contributed by atoms with Crippen LogP contribution in [0.1, 0.15) is 43.7 Å². The maximum absolute atomic E-state index is 6.25. The van der Waals surface area contributed by atoms with Gasteiger partial charge in [-0.3, -0.25) is 4.90 Å². The van der Waals surface area contributed by atoms with Crippen molar-refractivity contribution in [2.75, 3.05) is 13.1 Å². The number of fused-ring (bicyclic) bond motifs is 1. The lowest BCUT2D eigenvalue weighted by atomic mass is 9.76. The van der Waals surface area contributed by atoms with E-state index in [1.165, 1.54) is 44.2 Å². The first-order valence-electron chi connectivity index (χ1n) is 7.83. The zero-order valence-corrected chi connectivity index (χ0v) is 12.1. The normalized spacial score (nSPS) is 31.4. The Labute approximate surface area is 117 Å². The average Bonchev–Trinajstić information content (AvgIpc) is 2.95. The maximum Gasteiger partial charge on any atom is 0.0378 e. The average molecular weight is 258 g/mol. The quantitative estimate of drug-likeness (QED) is 0.903. The van der Waals surface area contributed by atoms with Crippen LogP contribution in [0.2, 0.25) is 0 Å². The van der Waals surface area contributed by atoms with Gasteiger partial charge in [0.15, 0.2) is 0 Å². The molecule has 0 aromatic heterocycles. The van der Waals surface area contributed by atoms with Gasteiger partial charge < -0.3 is 5.73 Å². The topological polar surface area (TPSA) is 29.3 Å². The Morgan fingerprint density at radius 1 is 1.32 bits per heavy atom. The summed E-state index contributed by atoms with van der Waals surface area (Å²) >= 11 is 0. The molecule has 1 fully saturated rings. The van der Waals surface area contributed by atoms with Gasteiger partial charge in [0.2, 0.25) is 0 Å². The highest BCUT2D eigenvalue weighted by Gasteiger charge is 2.42. The molecule has 0 amide bonds. The highest BCUT2D eigenvalue weighted by molar-refractivity contribution is 5.32. The molecule has 2 atom stereocenters. The van der Waals surface area contributed by atoms with Gasteiger partial charge in [0.25, 0.3) is 0 Å². The van der Waals surface area contributed by atoms with Crippen LogP contribution in [0.3, 0.4) is 0 Å². The fourth-order valence-corrected chi connectivity index (χ4v) is 4.21. The number of aryl methyl sites for hydroxylation is 1. The van der Waals surface area contributed by atoms with E-state index in [0.29, 0.717) is 0 Å². The smallest absolute Gasteiger partial charge is 0.0378 e. The van der Waals surface area contributed by atoms with Crippen molar-refractivity contribution in [2.24, 2.45) is 5.73 Å². The van der Waals surface area contributed by atoms with Gasteiger partial charge in [-0.15, -0.1) is 0 Å². The lowest BCUT2D eigenvalue weighted by Crippen LogP contribution is -2.58. The highest BCUT2D eigenvalue weighted by atomic mass is 15.3. The summed E-state index contributed by atoms with van der Waals surface area (Å²) in [6.45, 7) is 4.37. The Kier molecular flexibility index (Phi) is 3.64. The lowest BCUT2D eigenvalue weighted by Gasteiger charge is -2.47. The van der Waals surface area contributed by atoms with Crippen LogP contribution in [0.4, 0.5) is 0 Å². The molecule has 104 valence electrons. The number of nitrogens with zero attached hydrogens (tertiary/aromatic N) is 1. The minimum absolute atomic E-state index is 0.228. The summed E-state index contributed by atoms with van der Waals surface area (Å²) in [5.41, 5.74) is 9.55. The van der Waals surface area contributed by atoms with Crippen molar-refractivity contribution < 1.29 is 0 Å². The molecule has 1 aliphatic carbocycles. The molecule has 0 radical (unpaired) electrons. The second kappa shape index (κ2) is 5.26. The van der Waals surface area contributed by atoms with E-state index in [-0.39, 0.29) is 5.54 Å². The Morgan fingerprint density at radius 2 is 2.11 bits per heavy atom. The molecule has 2 N–H and O–H groups in total. The van der Waals surface area contributed by atoms with E-state index in [9.17, 15) is 0 Å². The molecular weight excluding hydrogens is 232 g/mol. The summed E-state index contributed by atoms with van der Waals surface area (Å²) in [7, 11) is 0. The number of likely N-dealkylation sites (tertiary alicyclic amines) is 1. The first-order valence-corrected chi connectivity index (χ1v) is 7.83. The zero-order valence-electron chi connectivity index (χ0n) is 12.1. The van der Waals surface area contributed by atoms with Crippen LogP contribution in [-0.4, -0.2) is 29.6 Å². The van der Waals surface area contributed by atoms with E-state index < -0.39 is 0 Å². The van der Waals surface area contributed by atoms with Gasteiger partial charge in [0.05, 0.1) is 0 Å². The Bertz CT molecular complexity index is 443. The zero-order chi connectivity index (χ0) is 13.3. The van der Waals surface area contributed by atoms with Crippen molar-refractivity contribution in [2.45, 2.75) is 57.0 Å². The summed E-state index contributed by atoms with van der Waals surface area (Å²) < 4.78 is 0. The van der Waals surface area contributed by atoms with Crippen molar-refractivity contribution in [1.29, 1.82) is 0 Å². The predicted molar refractivity (Wildman–Crippen MR) is 80.3 cm³/mol. The molecule has 3 rings (SSSR count). The standard InChI is InChI=1S/C17H26N2/c1-2-16-8-5-11-19(16)17(13-18)10-9-14-6-3-4-7-15(14)12-17/h3-4,6-7,16H,2,5,8-13,18H2,1H3. The first-order chi connectivity index (χ1) is 9.29. The van der Waals surface area contributed by atoms with Crippen LogP contribution in [0, 0.1) is 0 Å². The van der Waals surface area contributed by atoms with Gasteiger partial charge in [-0.25, -0.2) is 0 Å². The molecule has 0 spiro atoms. The molecule has 2 nitrogen and oxygen atoms in total. The summed E-state index contributed by atoms with van der Waals surface area (Å²) in [6, 6.07) is 9.69. The van der Waals surface area contributed by atoms with Gasteiger partial charge in [0.1, 0.15) is 0 Å². The lowest BCUT2D eigenvalue weighted by molar-refractivity contribution is 0.0647. The molecule has 1 aromatic rings. The Morgan fingerprint density at radius 3 is 2.84 bits per heavy atom. The van der Waals surface area contributed by atoms with Gasteiger partial charge in [0, 0.05) is 18.1 Å². The van der Waals surface area contributed by atoms with Gasteiger partial charge in [-0.2, -0.15) is 0 Å². The third kappa shape index (κ3) is 2.21. The largest absolute Gasteiger partial charge is 0.329 e. The molecule has 1 aliphatic heterocycles. The summed E-state index contributed by atoms with van der Waals surface area (Å²) in [5.74, 6) is 0. The second-order valence-electron chi connectivity index (χ2n) is 6.27. The van der Waals surface area contributed by atoms with Gasteiger partial charge in [-0.05, 0) is 56.2 Å². The minimum atomic E-state index is 0.228. The third-order valence-corrected chi connectivity index (χ3v) is 5.34. The molecule has 1 saturated heterocycles. The number of nitrogens with two attached hydrogens (primary N) is 1. The molecule has 1 heterocycles. The number of benzene rings is 1. The van der Waals surface area contributed by atoms with Crippen LogP contribution in [0.25, 0.3) is 0 Å². The number of hydrogen-bond acceptors (Lipinski definition) is 2. The molecular formula is C17H26N2. The van der Waals surface area contributed by atoms with Gasteiger partial charge in [-0.1, -0.05) is 31.2 Å². The summed E-state index contributed by atoms with van der Waals surface area (Å²) in [5, 5.41) is 0. The van der Waals surface area contributed by atoms with Crippen molar-refractivity contribution in [3.8, 4) is 0 Å². The van der Waals surface area contributed by atoms with Crippen molar-refractivity contribution in [3.05, 3.63) is 35.4 Å². The number of rotatable bonds is 3. The first kappa shape index (κ1) is 13.1. The molecule has 0 bridgehead atoms. The van der Waals surface area contributed by atoms with E-state index in [2.05, 4.69) is 36.1 Å². The SMILES string of the molecule is CCC1CCCN1C1(CN)CCc2ccccc2C1. The minimum Gasteiger partial charge on any atom is -0.329 e. The van der Waals surface area contributed by atoms with Crippen LogP contribution < -0.4 is 5.73 Å². The Balaban J connectivity index is 1.89. The summed E-state index contributed by atoms with van der Waals surface area (Å²) in [4.78, 5) is 2.75. The van der Waals surface area contributed by atoms with Crippen molar-refractivity contribution in [1.82, 2.24) is 4.90 Å². The monoisotopic (exact) mass is 258 g/mol. The van der Waals surface area contributed by atoms with Crippen LogP contribution in [-0.2, 0) is 12.8 Å². The molecule has 2 aliphatic rings. The third-order valence-electron chi connectivity index (χ3n) is 5.34. The second-order valence-corrected chi connectivity index (χ2v) is 6.27. The van der Waals surface area contributed by atoms with Crippen LogP contribution in [0.15, 0.2) is 24.3 Å². The van der Waals surface area contributed by atoms with E-state index in [1.54, 1.807) is 5.56 Å². The van der Waals surface area contributed by atoms with Crippen molar-refractivity contribution >= 4 is 0 Å². The summed E-state index contributed by atoms with van der Waals surface area (Å²) in [6.07, 6.45) is 7.55. The molecule has 0 saturated carbocycles. The maximum atomic E-state index is 6.25. The van der Waals surface area contributed by atoms with E-state index >= 15 is 0 Å². The van der Waals surface area contributed by atoms with E-state index in [1.807, 2.05) is 0 Å². The van der Waals surface area contributed by atoms with Crippen LogP contribution >= 0.6 is 0 Å². The van der Waals surface area contributed by atoms with E-state index in [4.69, 9.17) is 5.73 Å². The van der Waals surface area contributed by atoms with Gasteiger partial charge >= 0.3 is 0 Å². The molecule has 2 unspecified atom stereocenters. The molecule has 19 heavy (non-hydrogen) atoms.